The lowest BCUT2D eigenvalue weighted by Crippen LogP contribution is -2.31. The molecule has 1 unspecified atom stereocenters. The quantitative estimate of drug-likeness (QED) is 0.839. The molecule has 1 N–H and O–H groups in total. The molecule has 2 nitrogen and oxygen atoms in total. The zero-order chi connectivity index (χ0) is 13.8. The van der Waals surface area contributed by atoms with Crippen molar-refractivity contribution in [2.24, 2.45) is 0 Å². The molecule has 0 aliphatic carbocycles. The Morgan fingerprint density at radius 1 is 1.39 bits per heavy atom. The van der Waals surface area contributed by atoms with Crippen molar-refractivity contribution >= 4 is 5.78 Å². The van der Waals surface area contributed by atoms with E-state index in [-0.39, 0.29) is 17.3 Å². The predicted molar refractivity (Wildman–Crippen MR) is 74.8 cm³/mol. The lowest BCUT2D eigenvalue weighted by atomic mass is 9.79. The van der Waals surface area contributed by atoms with Gasteiger partial charge in [0.05, 0.1) is 6.10 Å². The topological polar surface area (TPSA) is 37.3 Å². The summed E-state index contributed by atoms with van der Waals surface area (Å²) in [5.74, 6) is 0.246. The molecule has 18 heavy (non-hydrogen) atoms. The fourth-order valence-corrected chi connectivity index (χ4v) is 1.91. The highest BCUT2D eigenvalue weighted by Crippen LogP contribution is 2.27. The number of carbonyl (C=O) groups excluding carboxylic acids is 1. The zero-order valence-electron chi connectivity index (χ0n) is 11.9. The third kappa shape index (κ3) is 3.95. The average Bonchev–Trinajstić information content (AvgIpc) is 2.28. The first kappa shape index (κ1) is 14.9. The van der Waals surface area contributed by atoms with E-state index in [0.29, 0.717) is 6.42 Å². The summed E-state index contributed by atoms with van der Waals surface area (Å²) < 4.78 is 0. The van der Waals surface area contributed by atoms with E-state index in [2.05, 4.69) is 18.2 Å². The second-order valence-corrected chi connectivity index (χ2v) is 5.65. The number of aryl methyl sites for hydroxylation is 1. The summed E-state index contributed by atoms with van der Waals surface area (Å²) in [4.78, 5) is 10.9. The van der Waals surface area contributed by atoms with Crippen LogP contribution >= 0.6 is 0 Å². The second kappa shape index (κ2) is 6.14. The molecular weight excluding hydrogens is 224 g/mol. The molecule has 0 amide bonds. The maximum absolute atomic E-state index is 10.9. The number of ketones is 1. The Morgan fingerprint density at radius 2 is 2.06 bits per heavy atom. The van der Waals surface area contributed by atoms with Crippen LogP contribution in [0, 0.1) is 0 Å². The van der Waals surface area contributed by atoms with Gasteiger partial charge in [-0.25, -0.2) is 0 Å². The molecule has 2 heteroatoms. The number of rotatable bonds is 6. The number of aliphatic hydroxyl groups is 1. The Balaban J connectivity index is 2.76. The van der Waals surface area contributed by atoms with Gasteiger partial charge < -0.3 is 9.90 Å². The largest absolute Gasteiger partial charge is 0.393 e. The van der Waals surface area contributed by atoms with Crippen LogP contribution in [-0.4, -0.2) is 17.0 Å². The maximum atomic E-state index is 10.9. The van der Waals surface area contributed by atoms with Gasteiger partial charge in [-0.1, -0.05) is 38.1 Å². The average molecular weight is 248 g/mol. The number of aliphatic hydroxyl groups excluding tert-OH is 1. The first-order valence-electron chi connectivity index (χ1n) is 6.61. The SMILES string of the molecule is CC(=O)CCCc1cccc(C(C)(C)C(C)O)c1. The molecule has 100 valence electrons. The number of Topliss-reactive ketones (excluding diaryl/α,β-unsaturated/α-hetero) is 1. The van der Waals surface area contributed by atoms with Crippen molar-refractivity contribution in [2.45, 2.75) is 58.5 Å². The third-order valence-corrected chi connectivity index (χ3v) is 3.71. The van der Waals surface area contributed by atoms with E-state index in [1.807, 2.05) is 26.8 Å². The Hall–Kier alpha value is -1.15. The predicted octanol–water partition coefficient (Wildman–Crippen LogP) is 3.26. The van der Waals surface area contributed by atoms with E-state index in [0.717, 1.165) is 18.4 Å². The molecule has 0 fully saturated rings. The highest BCUT2D eigenvalue weighted by molar-refractivity contribution is 5.75. The molecule has 0 aromatic heterocycles. The number of hydrogen-bond acceptors (Lipinski definition) is 2. The summed E-state index contributed by atoms with van der Waals surface area (Å²) >= 11 is 0. The zero-order valence-corrected chi connectivity index (χ0v) is 11.9. The molecule has 0 heterocycles. The van der Waals surface area contributed by atoms with E-state index in [9.17, 15) is 9.90 Å². The molecular formula is C16H24O2. The lowest BCUT2D eigenvalue weighted by molar-refractivity contribution is -0.117. The van der Waals surface area contributed by atoms with Gasteiger partial charge in [0.2, 0.25) is 0 Å². The Labute approximate surface area is 110 Å². The maximum Gasteiger partial charge on any atom is 0.129 e. The molecule has 1 aromatic rings. The van der Waals surface area contributed by atoms with Crippen LogP contribution in [0.5, 0.6) is 0 Å². The highest BCUT2D eigenvalue weighted by atomic mass is 16.3. The Morgan fingerprint density at radius 3 is 2.61 bits per heavy atom. The van der Waals surface area contributed by atoms with Crippen molar-refractivity contribution in [3.05, 3.63) is 35.4 Å². The summed E-state index contributed by atoms with van der Waals surface area (Å²) in [6, 6.07) is 8.32. The van der Waals surface area contributed by atoms with Gasteiger partial charge in [0.15, 0.2) is 0 Å². The van der Waals surface area contributed by atoms with E-state index in [1.165, 1.54) is 5.56 Å². The van der Waals surface area contributed by atoms with Crippen LogP contribution < -0.4 is 0 Å². The van der Waals surface area contributed by atoms with Gasteiger partial charge in [-0.3, -0.25) is 0 Å². The van der Waals surface area contributed by atoms with Gasteiger partial charge >= 0.3 is 0 Å². The van der Waals surface area contributed by atoms with Gasteiger partial charge in [0.1, 0.15) is 5.78 Å². The number of benzene rings is 1. The van der Waals surface area contributed by atoms with E-state index >= 15 is 0 Å². The Bertz CT molecular complexity index is 405. The van der Waals surface area contributed by atoms with Gasteiger partial charge in [0, 0.05) is 11.8 Å². The van der Waals surface area contributed by atoms with Crippen molar-refractivity contribution in [2.75, 3.05) is 0 Å². The Kier molecular flexibility index (Phi) is 5.09. The fraction of sp³-hybridized carbons (Fsp3) is 0.562. The summed E-state index contributed by atoms with van der Waals surface area (Å²) in [5.41, 5.74) is 2.15. The minimum atomic E-state index is -0.384. The van der Waals surface area contributed by atoms with Crippen molar-refractivity contribution in [3.8, 4) is 0 Å². The molecule has 0 bridgehead atoms. The molecule has 0 saturated carbocycles. The van der Waals surface area contributed by atoms with Crippen LogP contribution in [0.4, 0.5) is 0 Å². The molecule has 0 aliphatic rings. The van der Waals surface area contributed by atoms with Crippen LogP contribution in [0.2, 0.25) is 0 Å². The van der Waals surface area contributed by atoms with Gasteiger partial charge in [-0.05, 0) is 37.8 Å². The minimum Gasteiger partial charge on any atom is -0.393 e. The van der Waals surface area contributed by atoms with Crippen molar-refractivity contribution in [1.29, 1.82) is 0 Å². The molecule has 0 aliphatic heterocycles. The normalized spacial score (nSPS) is 13.4. The monoisotopic (exact) mass is 248 g/mol. The molecule has 0 spiro atoms. The van der Waals surface area contributed by atoms with Crippen LogP contribution in [-0.2, 0) is 16.6 Å². The standard InChI is InChI=1S/C16H24O2/c1-12(17)7-5-8-14-9-6-10-15(11-14)16(3,4)13(2)18/h6,9-11,13,18H,5,7-8H2,1-4H3. The van der Waals surface area contributed by atoms with Crippen molar-refractivity contribution in [1.82, 2.24) is 0 Å². The van der Waals surface area contributed by atoms with Crippen LogP contribution in [0.25, 0.3) is 0 Å². The van der Waals surface area contributed by atoms with Crippen molar-refractivity contribution in [3.63, 3.8) is 0 Å². The molecule has 1 atom stereocenters. The third-order valence-electron chi connectivity index (χ3n) is 3.71. The first-order chi connectivity index (χ1) is 8.34. The van der Waals surface area contributed by atoms with Crippen LogP contribution in [0.1, 0.15) is 51.7 Å². The summed E-state index contributed by atoms with van der Waals surface area (Å²) in [6.45, 7) is 7.55. The number of hydrogen-bond donors (Lipinski definition) is 1. The minimum absolute atomic E-state index is 0.239. The number of carbonyl (C=O) groups is 1. The lowest BCUT2D eigenvalue weighted by Gasteiger charge is -2.29. The van der Waals surface area contributed by atoms with Crippen LogP contribution in [0.3, 0.4) is 0 Å². The molecule has 1 aromatic carbocycles. The smallest absolute Gasteiger partial charge is 0.129 e. The fourth-order valence-electron chi connectivity index (χ4n) is 1.91. The van der Waals surface area contributed by atoms with Crippen molar-refractivity contribution < 1.29 is 9.90 Å². The van der Waals surface area contributed by atoms with E-state index in [1.54, 1.807) is 6.92 Å². The summed E-state index contributed by atoms with van der Waals surface area (Å²) in [6.07, 6.45) is 2.08. The first-order valence-corrected chi connectivity index (χ1v) is 6.61. The van der Waals surface area contributed by atoms with E-state index in [4.69, 9.17) is 0 Å². The summed E-state index contributed by atoms with van der Waals surface area (Å²) in [7, 11) is 0. The van der Waals surface area contributed by atoms with Crippen LogP contribution in [0.15, 0.2) is 24.3 Å². The van der Waals surface area contributed by atoms with Gasteiger partial charge in [0.25, 0.3) is 0 Å². The van der Waals surface area contributed by atoms with Gasteiger partial charge in [-0.15, -0.1) is 0 Å². The van der Waals surface area contributed by atoms with Gasteiger partial charge in [-0.2, -0.15) is 0 Å². The van der Waals surface area contributed by atoms with E-state index < -0.39 is 0 Å². The molecule has 0 saturated heterocycles. The summed E-state index contributed by atoms with van der Waals surface area (Å²) in [5, 5.41) is 9.83. The second-order valence-electron chi connectivity index (χ2n) is 5.65. The molecule has 0 radical (unpaired) electrons. The molecule has 1 rings (SSSR count). The highest BCUT2D eigenvalue weighted by Gasteiger charge is 2.26.